The molecule has 0 radical (unpaired) electrons. The molecule has 0 unspecified atom stereocenters. The van der Waals surface area contributed by atoms with Crippen molar-refractivity contribution < 1.29 is 4.12 Å². The average Bonchev–Trinajstić information content (AvgIpc) is 2.68. The van der Waals surface area contributed by atoms with Crippen LogP contribution in [0.25, 0.3) is 0 Å². The van der Waals surface area contributed by atoms with Gasteiger partial charge in [0.25, 0.3) is 0 Å². The Morgan fingerprint density at radius 3 is 1.52 bits per heavy atom. The predicted molar refractivity (Wildman–Crippen MR) is 108 cm³/mol. The van der Waals surface area contributed by atoms with Crippen molar-refractivity contribution in [3.63, 3.8) is 0 Å². The first-order valence-corrected chi connectivity index (χ1v) is 16.5. The van der Waals surface area contributed by atoms with Crippen molar-refractivity contribution in [1.82, 2.24) is 0 Å². The molecule has 2 rings (SSSR count). The van der Waals surface area contributed by atoms with Crippen molar-refractivity contribution in [1.29, 1.82) is 0 Å². The van der Waals surface area contributed by atoms with Gasteiger partial charge in [0, 0.05) is 0 Å². The van der Waals surface area contributed by atoms with Crippen LogP contribution in [0.4, 0.5) is 0 Å². The summed E-state index contributed by atoms with van der Waals surface area (Å²) >= 11 is 0. The molecule has 0 aromatic rings. The summed E-state index contributed by atoms with van der Waals surface area (Å²) in [5.74, 6) is 0. The van der Waals surface area contributed by atoms with Crippen LogP contribution in [0.1, 0.15) is 89.9 Å². The molecule has 1 saturated carbocycles. The lowest BCUT2D eigenvalue weighted by atomic mass is 10.1. The van der Waals surface area contributed by atoms with Gasteiger partial charge < -0.3 is 4.12 Å². The summed E-state index contributed by atoms with van der Waals surface area (Å²) in [5.41, 5.74) is 0.928. The summed E-state index contributed by atoms with van der Waals surface area (Å²) in [6.45, 7) is 7.73. The fraction of sp³-hybridized carbons (Fsp3) is 1.00. The van der Waals surface area contributed by atoms with Crippen molar-refractivity contribution in [2.24, 2.45) is 0 Å². The molecule has 2 aliphatic rings. The van der Waals surface area contributed by atoms with Crippen molar-refractivity contribution in [3.8, 4) is 0 Å². The van der Waals surface area contributed by atoms with E-state index in [2.05, 4.69) is 19.6 Å². The van der Waals surface area contributed by atoms with Gasteiger partial charge in [-0.3, -0.25) is 0 Å². The Bertz CT molecular complexity index is 310. The standard InChI is InChI=1S/C20H42OSi2/c1-22(2,20-16-12-8-4-5-9-13-17-20)21-23(3)18-14-10-6-7-11-15-19-23/h20H,4-19H2,1-3H3. The summed E-state index contributed by atoms with van der Waals surface area (Å²) in [5, 5.41) is 0. The molecular formula is C20H42OSi2. The second-order valence-electron chi connectivity index (χ2n) is 9.17. The highest BCUT2D eigenvalue weighted by molar-refractivity contribution is 6.86. The lowest BCUT2D eigenvalue weighted by molar-refractivity contribution is 0.471. The van der Waals surface area contributed by atoms with Crippen LogP contribution < -0.4 is 0 Å². The molecule has 1 aliphatic carbocycles. The van der Waals surface area contributed by atoms with Crippen molar-refractivity contribution in [2.75, 3.05) is 0 Å². The summed E-state index contributed by atoms with van der Waals surface area (Å²) < 4.78 is 7.21. The quantitative estimate of drug-likeness (QED) is 0.473. The van der Waals surface area contributed by atoms with Crippen LogP contribution >= 0.6 is 0 Å². The lowest BCUT2D eigenvalue weighted by Crippen LogP contribution is -2.49. The zero-order valence-electron chi connectivity index (χ0n) is 16.3. The van der Waals surface area contributed by atoms with E-state index in [0.29, 0.717) is 0 Å². The van der Waals surface area contributed by atoms with Crippen LogP contribution in [-0.2, 0) is 4.12 Å². The molecule has 1 heterocycles. The smallest absolute Gasteiger partial charge is 0.176 e. The zero-order valence-corrected chi connectivity index (χ0v) is 18.3. The minimum absolute atomic E-state index is 0.928. The molecule has 1 nitrogen and oxygen atoms in total. The molecule has 0 aromatic heterocycles. The Morgan fingerprint density at radius 2 is 1.04 bits per heavy atom. The zero-order chi connectivity index (χ0) is 16.6. The van der Waals surface area contributed by atoms with E-state index in [1.807, 2.05) is 0 Å². The van der Waals surface area contributed by atoms with E-state index in [9.17, 15) is 0 Å². The molecule has 3 heteroatoms. The van der Waals surface area contributed by atoms with Gasteiger partial charge in [-0.25, -0.2) is 0 Å². The van der Waals surface area contributed by atoms with Gasteiger partial charge in [-0.2, -0.15) is 0 Å². The minimum Gasteiger partial charge on any atom is -0.455 e. The minimum atomic E-state index is -1.53. The molecule has 1 saturated heterocycles. The largest absolute Gasteiger partial charge is 0.455 e. The van der Waals surface area contributed by atoms with Gasteiger partial charge in [0.05, 0.1) is 0 Å². The molecule has 0 aromatic carbocycles. The third kappa shape index (κ3) is 7.03. The second-order valence-corrected chi connectivity index (χ2v) is 17.9. The van der Waals surface area contributed by atoms with Gasteiger partial charge in [0.15, 0.2) is 16.6 Å². The number of hydrogen-bond donors (Lipinski definition) is 0. The molecule has 0 N–H and O–H groups in total. The summed E-state index contributed by atoms with van der Waals surface area (Å²) in [6, 6.07) is 2.88. The SMILES string of the molecule is C[Si]1(O[Si](C)(C)C2CCCCCCCC2)CCCCCCCC1. The van der Waals surface area contributed by atoms with E-state index in [-0.39, 0.29) is 0 Å². The normalized spacial score (nSPS) is 26.2. The third-order valence-electron chi connectivity index (χ3n) is 6.51. The van der Waals surface area contributed by atoms with E-state index in [0.717, 1.165) is 5.54 Å². The van der Waals surface area contributed by atoms with E-state index in [4.69, 9.17) is 4.12 Å². The predicted octanol–water partition coefficient (Wildman–Crippen LogP) is 7.64. The molecule has 0 amide bonds. The fourth-order valence-electron chi connectivity index (χ4n) is 4.98. The van der Waals surface area contributed by atoms with Crippen LogP contribution in [0.3, 0.4) is 0 Å². The molecule has 2 fully saturated rings. The van der Waals surface area contributed by atoms with Gasteiger partial charge in [-0.15, -0.1) is 0 Å². The monoisotopic (exact) mass is 354 g/mol. The summed E-state index contributed by atoms with van der Waals surface area (Å²) in [7, 11) is -2.98. The Hall–Kier alpha value is 0.394. The molecular weight excluding hydrogens is 312 g/mol. The lowest BCUT2D eigenvalue weighted by Gasteiger charge is -2.41. The molecule has 0 spiro atoms. The Labute approximate surface area is 148 Å². The fourth-order valence-corrected chi connectivity index (χ4v) is 15.6. The van der Waals surface area contributed by atoms with Gasteiger partial charge in [0.2, 0.25) is 0 Å². The third-order valence-corrected chi connectivity index (χ3v) is 16.0. The summed E-state index contributed by atoms with van der Waals surface area (Å²) in [4.78, 5) is 0. The highest BCUT2D eigenvalue weighted by Crippen LogP contribution is 2.39. The van der Waals surface area contributed by atoms with Crippen LogP contribution in [0.15, 0.2) is 0 Å². The Kier molecular flexibility index (Phi) is 8.37. The van der Waals surface area contributed by atoms with Crippen molar-refractivity contribution >= 4 is 16.6 Å². The molecule has 23 heavy (non-hydrogen) atoms. The Balaban J connectivity index is 1.97. The maximum Gasteiger partial charge on any atom is 0.176 e. The second kappa shape index (κ2) is 9.77. The van der Waals surface area contributed by atoms with Crippen molar-refractivity contribution in [3.05, 3.63) is 0 Å². The molecule has 0 bridgehead atoms. The van der Waals surface area contributed by atoms with Gasteiger partial charge >= 0.3 is 0 Å². The molecule has 1 aliphatic heterocycles. The van der Waals surface area contributed by atoms with E-state index in [1.165, 1.54) is 102 Å². The van der Waals surface area contributed by atoms with Crippen LogP contribution in [0.2, 0.25) is 37.3 Å². The number of hydrogen-bond acceptors (Lipinski definition) is 1. The first-order chi connectivity index (χ1) is 11.0. The van der Waals surface area contributed by atoms with Gasteiger partial charge in [0.1, 0.15) is 0 Å². The maximum absolute atomic E-state index is 7.21. The molecule has 0 atom stereocenters. The van der Waals surface area contributed by atoms with Gasteiger partial charge in [-0.05, 0) is 37.3 Å². The number of rotatable bonds is 3. The topological polar surface area (TPSA) is 9.23 Å². The van der Waals surface area contributed by atoms with Crippen LogP contribution in [-0.4, -0.2) is 16.6 Å². The highest BCUT2D eigenvalue weighted by Gasteiger charge is 2.40. The molecule has 136 valence electrons. The first-order valence-electron chi connectivity index (χ1n) is 10.7. The summed E-state index contributed by atoms with van der Waals surface area (Å²) in [6.07, 6.45) is 20.5. The van der Waals surface area contributed by atoms with E-state index >= 15 is 0 Å². The van der Waals surface area contributed by atoms with Crippen molar-refractivity contribution in [2.45, 2.75) is 127 Å². The van der Waals surface area contributed by atoms with Gasteiger partial charge in [-0.1, -0.05) is 89.9 Å². The van der Waals surface area contributed by atoms with Crippen LogP contribution in [0, 0.1) is 0 Å². The first kappa shape index (κ1) is 19.7. The Morgan fingerprint density at radius 1 is 0.652 bits per heavy atom. The maximum atomic E-state index is 7.21. The highest BCUT2D eigenvalue weighted by atomic mass is 28.4. The van der Waals surface area contributed by atoms with E-state index < -0.39 is 16.6 Å². The van der Waals surface area contributed by atoms with E-state index in [1.54, 1.807) is 0 Å². The average molecular weight is 355 g/mol. The van der Waals surface area contributed by atoms with Crippen LogP contribution in [0.5, 0.6) is 0 Å².